The predicted molar refractivity (Wildman–Crippen MR) is 85.6 cm³/mol. The van der Waals surface area contributed by atoms with Gasteiger partial charge in [-0.1, -0.05) is 37.5 Å². The second-order valence-corrected chi connectivity index (χ2v) is 6.00. The number of fused-ring (bicyclic) bond motifs is 1. The lowest BCUT2D eigenvalue weighted by Gasteiger charge is -2.21. The first-order valence-electron chi connectivity index (χ1n) is 7.95. The third kappa shape index (κ3) is 3.35. The van der Waals surface area contributed by atoms with Crippen molar-refractivity contribution >= 4 is 16.7 Å². The number of aromatic nitrogens is 2. The molecule has 1 aliphatic rings. The van der Waals surface area contributed by atoms with Gasteiger partial charge >= 0.3 is 0 Å². The first-order valence-corrected chi connectivity index (χ1v) is 7.95. The van der Waals surface area contributed by atoms with Gasteiger partial charge in [0.1, 0.15) is 6.54 Å². The van der Waals surface area contributed by atoms with Crippen LogP contribution in [0.3, 0.4) is 0 Å². The second kappa shape index (κ2) is 6.73. The minimum Gasteiger partial charge on any atom is -0.354 e. The topological polar surface area (TPSA) is 64.0 Å². The summed E-state index contributed by atoms with van der Waals surface area (Å²) in [6.45, 7) is 0.692. The Bertz CT molecular complexity index is 717. The standard InChI is InChI=1S/C17H21N3O2/c21-16(18-10-13-6-2-1-3-7-13)12-20-17(22)15-9-5-4-8-14(15)11-19-20/h4-5,8-9,11,13H,1-3,6-7,10,12H2,(H,18,21). The average molecular weight is 299 g/mol. The monoisotopic (exact) mass is 299 g/mol. The summed E-state index contributed by atoms with van der Waals surface area (Å²) in [5.41, 5.74) is -0.217. The van der Waals surface area contributed by atoms with Crippen LogP contribution in [0.15, 0.2) is 35.3 Å². The van der Waals surface area contributed by atoms with E-state index in [1.54, 1.807) is 12.3 Å². The van der Waals surface area contributed by atoms with E-state index in [1.807, 2.05) is 18.2 Å². The summed E-state index contributed by atoms with van der Waals surface area (Å²) in [7, 11) is 0. The fourth-order valence-corrected chi connectivity index (χ4v) is 3.08. The molecule has 1 aromatic carbocycles. The van der Waals surface area contributed by atoms with Crippen LogP contribution in [-0.2, 0) is 11.3 Å². The molecule has 0 atom stereocenters. The van der Waals surface area contributed by atoms with Gasteiger partial charge in [-0.2, -0.15) is 5.10 Å². The van der Waals surface area contributed by atoms with E-state index in [-0.39, 0.29) is 18.0 Å². The molecule has 0 spiro atoms. The fraction of sp³-hybridized carbons (Fsp3) is 0.471. The van der Waals surface area contributed by atoms with E-state index in [1.165, 1.54) is 36.8 Å². The van der Waals surface area contributed by atoms with Crippen molar-refractivity contribution in [3.63, 3.8) is 0 Å². The highest BCUT2D eigenvalue weighted by atomic mass is 16.2. The average Bonchev–Trinajstić information content (AvgIpc) is 2.57. The normalized spacial score (nSPS) is 15.8. The molecule has 116 valence electrons. The molecule has 3 rings (SSSR count). The molecule has 22 heavy (non-hydrogen) atoms. The maximum atomic E-state index is 12.3. The molecule has 1 heterocycles. The van der Waals surface area contributed by atoms with Gasteiger partial charge in [-0.25, -0.2) is 4.68 Å². The number of benzene rings is 1. The maximum absolute atomic E-state index is 12.3. The molecule has 1 aromatic heterocycles. The highest BCUT2D eigenvalue weighted by Crippen LogP contribution is 2.22. The molecule has 5 nitrogen and oxygen atoms in total. The van der Waals surface area contributed by atoms with Crippen molar-refractivity contribution in [3.8, 4) is 0 Å². The summed E-state index contributed by atoms with van der Waals surface area (Å²) in [6.07, 6.45) is 7.83. The molecule has 2 aromatic rings. The molecule has 0 bridgehead atoms. The van der Waals surface area contributed by atoms with Crippen molar-refractivity contribution in [1.29, 1.82) is 0 Å². The zero-order chi connectivity index (χ0) is 15.4. The molecule has 1 fully saturated rings. The van der Waals surface area contributed by atoms with Gasteiger partial charge in [0.15, 0.2) is 0 Å². The summed E-state index contributed by atoms with van der Waals surface area (Å²) in [5.74, 6) is 0.439. The Morgan fingerprint density at radius 2 is 2.00 bits per heavy atom. The number of amides is 1. The Kier molecular flexibility index (Phi) is 4.51. The lowest BCUT2D eigenvalue weighted by Crippen LogP contribution is -2.36. The van der Waals surface area contributed by atoms with Crippen LogP contribution in [0.1, 0.15) is 32.1 Å². The van der Waals surface area contributed by atoms with E-state index in [9.17, 15) is 9.59 Å². The molecule has 1 amide bonds. The van der Waals surface area contributed by atoms with Crippen LogP contribution in [0.4, 0.5) is 0 Å². The van der Waals surface area contributed by atoms with Gasteiger partial charge in [0.2, 0.25) is 5.91 Å². The molecule has 5 heteroatoms. The van der Waals surface area contributed by atoms with E-state index in [0.29, 0.717) is 17.8 Å². The van der Waals surface area contributed by atoms with Crippen LogP contribution in [0, 0.1) is 5.92 Å². The van der Waals surface area contributed by atoms with Gasteiger partial charge in [-0.05, 0) is 24.8 Å². The number of rotatable bonds is 4. The molecule has 1 saturated carbocycles. The Balaban J connectivity index is 1.63. The lowest BCUT2D eigenvalue weighted by molar-refractivity contribution is -0.122. The fourth-order valence-electron chi connectivity index (χ4n) is 3.08. The summed E-state index contributed by atoms with van der Waals surface area (Å²) in [4.78, 5) is 24.3. The molecule has 1 aliphatic carbocycles. The van der Waals surface area contributed by atoms with Crippen LogP contribution in [0.25, 0.3) is 10.8 Å². The van der Waals surface area contributed by atoms with Crippen molar-refractivity contribution in [2.24, 2.45) is 5.92 Å². The molecule has 0 aliphatic heterocycles. The Morgan fingerprint density at radius 1 is 1.23 bits per heavy atom. The van der Waals surface area contributed by atoms with Gasteiger partial charge < -0.3 is 5.32 Å². The SMILES string of the molecule is O=C(Cn1ncc2ccccc2c1=O)NCC1CCCCC1. The maximum Gasteiger partial charge on any atom is 0.275 e. The Labute approximate surface area is 129 Å². The number of hydrogen-bond acceptors (Lipinski definition) is 3. The zero-order valence-electron chi connectivity index (χ0n) is 12.6. The van der Waals surface area contributed by atoms with Crippen molar-refractivity contribution in [3.05, 3.63) is 40.8 Å². The van der Waals surface area contributed by atoms with Crippen molar-refractivity contribution in [2.45, 2.75) is 38.6 Å². The molecular formula is C17H21N3O2. The molecule has 0 saturated heterocycles. The molecule has 0 radical (unpaired) electrons. The largest absolute Gasteiger partial charge is 0.354 e. The number of carbonyl (C=O) groups is 1. The molecule has 1 N–H and O–H groups in total. The van der Waals surface area contributed by atoms with E-state index in [4.69, 9.17) is 0 Å². The van der Waals surface area contributed by atoms with Crippen molar-refractivity contribution in [2.75, 3.05) is 6.54 Å². The Hall–Kier alpha value is -2.17. The summed E-state index contributed by atoms with van der Waals surface area (Å²) in [6, 6.07) is 7.29. The third-order valence-corrected chi connectivity index (χ3v) is 4.37. The van der Waals surface area contributed by atoms with Crippen LogP contribution in [0.2, 0.25) is 0 Å². The zero-order valence-corrected chi connectivity index (χ0v) is 12.6. The number of carbonyl (C=O) groups excluding carboxylic acids is 1. The summed E-state index contributed by atoms with van der Waals surface area (Å²) in [5, 5.41) is 8.41. The van der Waals surface area contributed by atoms with Crippen LogP contribution >= 0.6 is 0 Å². The van der Waals surface area contributed by atoms with Gasteiger partial charge in [0.25, 0.3) is 5.56 Å². The first-order chi connectivity index (χ1) is 10.7. The van der Waals surface area contributed by atoms with Crippen molar-refractivity contribution in [1.82, 2.24) is 15.1 Å². The highest BCUT2D eigenvalue weighted by molar-refractivity contribution is 5.81. The quantitative estimate of drug-likeness (QED) is 0.940. The predicted octanol–water partition coefficient (Wildman–Crippen LogP) is 2.09. The number of nitrogens with one attached hydrogen (secondary N) is 1. The van der Waals surface area contributed by atoms with Gasteiger partial charge in [-0.15, -0.1) is 0 Å². The minimum absolute atomic E-state index is 0.0175. The summed E-state index contributed by atoms with van der Waals surface area (Å²) >= 11 is 0. The number of nitrogens with zero attached hydrogens (tertiary/aromatic N) is 2. The smallest absolute Gasteiger partial charge is 0.275 e. The van der Waals surface area contributed by atoms with Crippen molar-refractivity contribution < 1.29 is 4.79 Å². The van der Waals surface area contributed by atoms with Crippen LogP contribution in [0.5, 0.6) is 0 Å². The van der Waals surface area contributed by atoms with Gasteiger partial charge in [0.05, 0.1) is 11.6 Å². The lowest BCUT2D eigenvalue weighted by atomic mass is 9.89. The highest BCUT2D eigenvalue weighted by Gasteiger charge is 2.15. The third-order valence-electron chi connectivity index (χ3n) is 4.37. The van der Waals surface area contributed by atoms with Gasteiger partial charge in [-0.3, -0.25) is 9.59 Å². The second-order valence-electron chi connectivity index (χ2n) is 6.00. The van der Waals surface area contributed by atoms with Gasteiger partial charge in [0, 0.05) is 11.9 Å². The van der Waals surface area contributed by atoms with Crippen LogP contribution < -0.4 is 10.9 Å². The van der Waals surface area contributed by atoms with Crippen LogP contribution in [-0.4, -0.2) is 22.2 Å². The summed E-state index contributed by atoms with van der Waals surface area (Å²) < 4.78 is 1.23. The number of hydrogen-bond donors (Lipinski definition) is 1. The Morgan fingerprint density at radius 3 is 2.82 bits per heavy atom. The minimum atomic E-state index is -0.217. The molecular weight excluding hydrogens is 278 g/mol. The first kappa shape index (κ1) is 14.8. The van der Waals surface area contributed by atoms with E-state index in [0.717, 1.165) is 5.39 Å². The van der Waals surface area contributed by atoms with E-state index in [2.05, 4.69) is 10.4 Å². The molecule has 0 unspecified atom stereocenters. The van der Waals surface area contributed by atoms with E-state index >= 15 is 0 Å². The van der Waals surface area contributed by atoms with E-state index < -0.39 is 0 Å².